The first-order valence-electron chi connectivity index (χ1n) is 28.8. The molecule has 1 amide bonds. The predicted octanol–water partition coefficient (Wildman–Crippen LogP) is 17.7. The standard InChI is InChI=1S/C14H8ClN5OS.C14H7ClN2OS.C9H6ClNO2S.C8H5ClN2OS.C8H3ClN2S.C8H4ClNO2S.C6H6BClO3/c15-7-1-2-11(21)9(5-7)8-3-4-16-12-10(6-22-13(8)12)14-17-19-20-18-14;15-9-1-2-12(18)11(5-9)10-3-4-17-13-8(6-16)7-19-14(10)13;1-13-9(12)5-4-14-8-6(10)2-3-11-7(5)8;9-5-1-2-11-6-4(8(10)12)3-13-7(5)6;9-6-1-2-11-7-5(3-10)4-12-8(6)7;9-5-1-2-10-6-4(8(11)12)3-13-7(5)6;8-4-1-2-6(9)5(3-4)7(10)11/h1-6,21H,(H,17,18,19,20);1-5,7,18H;2-4H,1H3;1-3H,(H2,10,12);1-2,4H;1-3H,(H,11,12);1-3,9-11H. The molecule has 13 aromatic heterocycles. The van der Waals surface area contributed by atoms with Crippen molar-refractivity contribution in [1.29, 1.82) is 10.5 Å². The van der Waals surface area contributed by atoms with Gasteiger partial charge in [-0.05, 0) is 96.2 Å². The molecule has 23 nitrogen and oxygen atoms in total. The van der Waals surface area contributed by atoms with Crippen LogP contribution in [0, 0.1) is 22.7 Å². The number of nitrogens with zero attached hydrogens (tertiary/aromatic N) is 11. The molecule has 0 fully saturated rings. The van der Waals surface area contributed by atoms with E-state index in [2.05, 4.69) is 67.4 Å². The number of aromatic nitrogens is 10. The lowest BCUT2D eigenvalue weighted by Gasteiger charge is -2.06. The highest BCUT2D eigenvalue weighted by atomic mass is 35.5. The van der Waals surface area contributed by atoms with Crippen LogP contribution in [0.2, 0.25) is 35.2 Å². The Balaban J connectivity index is 0.000000132. The van der Waals surface area contributed by atoms with E-state index in [0.717, 1.165) is 50.4 Å². The highest BCUT2D eigenvalue weighted by Gasteiger charge is 2.21. The molecule has 0 radical (unpaired) electrons. The topological polar surface area (TPSA) is 387 Å². The second-order valence-electron chi connectivity index (χ2n) is 20.4. The third kappa shape index (κ3) is 17.7. The van der Waals surface area contributed by atoms with Crippen LogP contribution in [0.15, 0.2) is 160 Å². The van der Waals surface area contributed by atoms with Gasteiger partial charge in [-0.15, -0.1) is 78.2 Å². The smallest absolute Gasteiger partial charge is 0.492 e. The Hall–Kier alpha value is -9.81. The Labute approximate surface area is 645 Å². The number of tetrazole rings is 1. The fourth-order valence-electron chi connectivity index (χ4n) is 9.25. The number of phenolic OH excluding ortho intramolecular Hbond substituents is 3. The third-order valence-corrected chi connectivity index (χ3v) is 22.5. The van der Waals surface area contributed by atoms with E-state index in [9.17, 15) is 24.6 Å². The van der Waals surface area contributed by atoms with Gasteiger partial charge in [-0.3, -0.25) is 34.7 Å². The van der Waals surface area contributed by atoms with E-state index in [0.29, 0.717) is 102 Å². The molecule has 3 aromatic carbocycles. The second kappa shape index (κ2) is 35.1. The molecule has 0 aliphatic rings. The number of pyridine rings is 6. The maximum absolute atomic E-state index is 11.3. The Morgan fingerprint density at radius 3 is 1.31 bits per heavy atom. The number of primary amides is 1. The molecule has 0 saturated carbocycles. The Bertz CT molecular complexity index is 5860. The number of esters is 1. The average Bonchev–Trinajstić information content (AvgIpc) is 1.54. The molecule has 0 bridgehead atoms. The van der Waals surface area contributed by atoms with Crippen molar-refractivity contribution in [1.82, 2.24) is 50.5 Å². The van der Waals surface area contributed by atoms with Gasteiger partial charge in [0, 0.05) is 112 Å². The molecule has 0 unspecified atom stereocenters. The minimum Gasteiger partial charge on any atom is -0.508 e. The first-order valence-corrected chi connectivity index (χ1v) is 36.7. The van der Waals surface area contributed by atoms with E-state index in [4.69, 9.17) is 118 Å². The number of aromatic amines is 1. The molecule has 9 N–H and O–H groups in total. The van der Waals surface area contributed by atoms with E-state index in [-0.39, 0.29) is 34.2 Å². The van der Waals surface area contributed by atoms with Crippen molar-refractivity contribution < 1.29 is 49.6 Å². The number of methoxy groups -OCH3 is 1. The number of halogens is 7. The lowest BCUT2D eigenvalue weighted by Crippen LogP contribution is -2.29. The average molecular weight is 1640 g/mol. The zero-order valence-corrected chi connectivity index (χ0v) is 62.3. The number of thiophene rings is 6. The number of hydrogen-bond acceptors (Lipinski definition) is 26. The van der Waals surface area contributed by atoms with Crippen molar-refractivity contribution in [2.45, 2.75) is 0 Å². The van der Waals surface area contributed by atoms with Gasteiger partial charge in [-0.1, -0.05) is 81.2 Å². The summed E-state index contributed by atoms with van der Waals surface area (Å²) in [4.78, 5) is 57.8. The van der Waals surface area contributed by atoms with E-state index in [1.165, 1.54) is 99.5 Å². The maximum Gasteiger partial charge on any atom is 0.492 e. The zero-order valence-electron chi connectivity index (χ0n) is 52.1. The SMILES string of the molecule is COC(=O)c1csc2c(Cl)ccnc12.N#Cc1csc2c(-c3cc(Cl)ccc3O)ccnc12.N#Cc1csc2c(Cl)ccnc12.NC(=O)c1csc2c(Cl)ccnc12.O=C(O)c1csc2c(Cl)ccnc12.OB(O)c1cc(Cl)ccc1O.Oc1ccc(Cl)cc1-c1ccnc2c(-c3nn[nH]n3)csc12. The number of rotatable bonds is 7. The minimum atomic E-state index is -1.69. The van der Waals surface area contributed by atoms with Crippen molar-refractivity contribution in [2.24, 2.45) is 5.73 Å². The van der Waals surface area contributed by atoms with Crippen molar-refractivity contribution >= 4 is 241 Å². The van der Waals surface area contributed by atoms with Gasteiger partial charge in [-0.25, -0.2) is 9.59 Å². The third-order valence-electron chi connectivity index (χ3n) is 14.0. The zero-order chi connectivity index (χ0) is 74.5. The predicted molar refractivity (Wildman–Crippen MR) is 414 cm³/mol. The van der Waals surface area contributed by atoms with E-state index in [1.54, 1.807) is 119 Å². The number of ether oxygens (including phenoxy) is 1. The van der Waals surface area contributed by atoms with Gasteiger partial charge in [-0.2, -0.15) is 15.7 Å². The number of nitrogens with two attached hydrogens (primary N) is 1. The number of carboxylic acid groups (broad SMARTS) is 1. The van der Waals surface area contributed by atoms with Crippen molar-refractivity contribution in [3.63, 3.8) is 0 Å². The Morgan fingerprint density at radius 2 is 0.856 bits per heavy atom. The summed E-state index contributed by atoms with van der Waals surface area (Å²) in [6.07, 6.45) is 9.57. The molecule has 13 heterocycles. The molecular formula is C67H39BCl7N13O10S6. The van der Waals surface area contributed by atoms with Gasteiger partial charge in [0.1, 0.15) is 34.9 Å². The van der Waals surface area contributed by atoms with E-state index in [1.807, 2.05) is 17.5 Å². The fraction of sp³-hybridized carbons (Fsp3) is 0.0149. The van der Waals surface area contributed by atoms with Gasteiger partial charge in [0.25, 0.3) is 5.91 Å². The number of nitrogens with one attached hydrogen (secondary N) is 1. The Kier molecular flexibility index (Phi) is 25.9. The molecule has 37 heteroatoms. The summed E-state index contributed by atoms with van der Waals surface area (Å²) < 4.78 is 9.66. The number of aromatic carboxylic acids is 1. The van der Waals surface area contributed by atoms with Crippen molar-refractivity contribution in [3.05, 3.63) is 223 Å². The van der Waals surface area contributed by atoms with Crippen LogP contribution >= 0.6 is 149 Å². The van der Waals surface area contributed by atoms with Crippen molar-refractivity contribution in [3.8, 4) is 63.0 Å². The Morgan fingerprint density at radius 1 is 0.471 bits per heavy atom. The molecule has 520 valence electrons. The number of phenols is 3. The summed E-state index contributed by atoms with van der Waals surface area (Å²) in [6.45, 7) is 0. The highest BCUT2D eigenvalue weighted by Crippen LogP contribution is 2.42. The molecule has 0 atom stereocenters. The summed E-state index contributed by atoms with van der Waals surface area (Å²) in [5.41, 5.74) is 15.0. The maximum atomic E-state index is 11.3. The highest BCUT2D eigenvalue weighted by molar-refractivity contribution is 7.20. The monoisotopic (exact) mass is 1630 g/mol. The molecule has 0 spiro atoms. The van der Waals surface area contributed by atoms with Crippen LogP contribution in [0.5, 0.6) is 17.2 Å². The number of H-pyrrole nitrogens is 1. The molecular weight excluding hydrogens is 1600 g/mol. The first kappa shape index (κ1) is 76.8. The molecule has 16 aromatic rings. The van der Waals surface area contributed by atoms with Crippen LogP contribution in [0.3, 0.4) is 0 Å². The second-order valence-corrected chi connectivity index (χ2v) is 28.6. The van der Waals surface area contributed by atoms with E-state index >= 15 is 0 Å². The number of carbonyl (C=O) groups excluding carboxylic acids is 2. The number of hydrogen-bond donors (Lipinski definition) is 8. The van der Waals surface area contributed by atoms with Gasteiger partial charge >= 0.3 is 19.1 Å². The fourth-order valence-corrected chi connectivity index (χ4v) is 16.5. The number of fused-ring (bicyclic) bond motifs is 6. The van der Waals surface area contributed by atoms with Crippen LogP contribution < -0.4 is 11.2 Å². The van der Waals surface area contributed by atoms with Gasteiger partial charge in [0.05, 0.1) is 116 Å². The summed E-state index contributed by atoms with van der Waals surface area (Å²) in [6, 6.07) is 28.5. The quantitative estimate of drug-likeness (QED) is 0.0542. The summed E-state index contributed by atoms with van der Waals surface area (Å²) in [7, 11) is -0.343. The number of carboxylic acids is 1. The lowest BCUT2D eigenvalue weighted by atomic mass is 9.80. The van der Waals surface area contributed by atoms with Gasteiger partial charge < -0.3 is 40.9 Å². The summed E-state index contributed by atoms with van der Waals surface area (Å²) in [5.74, 6) is -1.18. The van der Waals surface area contributed by atoms with Crippen LogP contribution in [0.25, 0.3) is 94.9 Å². The number of aromatic hydroxyl groups is 3. The molecule has 0 aliphatic heterocycles. The number of amides is 1. The molecule has 104 heavy (non-hydrogen) atoms. The van der Waals surface area contributed by atoms with Crippen LogP contribution in [-0.2, 0) is 4.74 Å². The van der Waals surface area contributed by atoms with Crippen molar-refractivity contribution in [2.75, 3.05) is 7.11 Å². The van der Waals surface area contributed by atoms with E-state index < -0.39 is 19.0 Å². The van der Waals surface area contributed by atoms with Crippen LogP contribution in [-0.4, -0.2) is 113 Å². The van der Waals surface area contributed by atoms with Gasteiger partial charge in [0.2, 0.25) is 5.82 Å². The molecule has 0 saturated heterocycles. The molecule has 0 aliphatic carbocycles. The number of benzene rings is 3. The minimum absolute atomic E-state index is 0.0116. The van der Waals surface area contributed by atoms with Crippen LogP contribution in [0.4, 0.5) is 0 Å². The van der Waals surface area contributed by atoms with Crippen LogP contribution in [0.1, 0.15) is 42.2 Å². The number of nitriles is 2. The summed E-state index contributed by atoms with van der Waals surface area (Å²) >= 11 is 49.6. The first-order chi connectivity index (χ1) is 50.0. The lowest BCUT2D eigenvalue weighted by molar-refractivity contribution is 0.0602. The van der Waals surface area contributed by atoms with Gasteiger partial charge in [0.15, 0.2) is 0 Å². The normalized spacial score (nSPS) is 10.5. The summed E-state index contributed by atoms with van der Waals surface area (Å²) in [5, 5.41) is 101. The number of carbonyl (C=O) groups is 3. The largest absolute Gasteiger partial charge is 0.508 e. The molecule has 16 rings (SSSR count).